The van der Waals surface area contributed by atoms with Crippen molar-refractivity contribution in [1.82, 2.24) is 16.0 Å². The lowest BCUT2D eigenvalue weighted by atomic mass is 10.00. The van der Waals surface area contributed by atoms with E-state index in [1.807, 2.05) is 91.0 Å². The van der Waals surface area contributed by atoms with Gasteiger partial charge in [-0.2, -0.15) is 0 Å². The molecule has 3 aromatic rings. The van der Waals surface area contributed by atoms with Crippen molar-refractivity contribution in [3.05, 3.63) is 108 Å². The van der Waals surface area contributed by atoms with E-state index < -0.39 is 48.0 Å². The molecule has 4 rings (SSSR count). The highest BCUT2D eigenvalue weighted by Gasteiger charge is 2.41. The molecule has 3 amide bonds. The van der Waals surface area contributed by atoms with E-state index in [1.54, 1.807) is 20.8 Å². The molecule has 0 radical (unpaired) electrons. The Kier molecular flexibility index (Phi) is 13.7. The average molecular weight is 648 g/mol. The van der Waals surface area contributed by atoms with E-state index in [9.17, 15) is 14.4 Å². The third-order valence-corrected chi connectivity index (χ3v) is 7.06. The average Bonchev–Trinajstić information content (AvgIpc) is 3.05. The molecule has 11 heteroatoms. The quantitative estimate of drug-likeness (QED) is 0.223. The predicted octanol–water partition coefficient (Wildman–Crippen LogP) is 4.25. The summed E-state index contributed by atoms with van der Waals surface area (Å²) >= 11 is 0. The van der Waals surface area contributed by atoms with Crippen molar-refractivity contribution in [3.8, 4) is 0 Å². The lowest BCUT2D eigenvalue weighted by Crippen LogP contribution is -2.57. The number of hydrogen-bond acceptors (Lipinski definition) is 8. The van der Waals surface area contributed by atoms with E-state index in [0.717, 1.165) is 16.7 Å². The topological polar surface area (TPSA) is 133 Å². The number of benzene rings is 3. The Labute approximate surface area is 276 Å². The van der Waals surface area contributed by atoms with Gasteiger partial charge in [0.1, 0.15) is 30.6 Å². The van der Waals surface area contributed by atoms with Crippen LogP contribution in [0.1, 0.15) is 43.9 Å². The van der Waals surface area contributed by atoms with Crippen molar-refractivity contribution >= 4 is 17.9 Å². The van der Waals surface area contributed by atoms with E-state index in [4.69, 9.17) is 23.7 Å². The number of ether oxygens (including phenoxy) is 5. The molecule has 4 atom stereocenters. The largest absolute Gasteiger partial charge is 0.444 e. The standard InChI is InChI=1S/C36H45N3O8/c1-36(2,3)47-35(42)38-20-31(40)37-21-32(41)39-33-19-29(44-23-27-15-9-5-10-16-27)34(45-24-28-17-11-6-12-18-28)30(46-33)25-43-22-26-13-7-4-8-14-26/h4-18,29-30,33-34H,19-25H2,1-3H3,(H,37,40)(H,38,42)(H,39,41)/t29-,30-,33-,34+/m1/s1. The van der Waals surface area contributed by atoms with Gasteiger partial charge in [-0.3, -0.25) is 9.59 Å². The Bertz CT molecular complexity index is 1390. The Balaban J connectivity index is 1.40. The molecule has 252 valence electrons. The maximum Gasteiger partial charge on any atom is 0.408 e. The van der Waals surface area contributed by atoms with Gasteiger partial charge in [0, 0.05) is 6.42 Å². The molecule has 47 heavy (non-hydrogen) atoms. The normalized spacial score (nSPS) is 19.4. The van der Waals surface area contributed by atoms with Gasteiger partial charge in [0.25, 0.3) is 0 Å². The number of amides is 3. The SMILES string of the molecule is CC(C)(C)OC(=O)NCC(=O)NCC(=O)N[C@H]1C[C@@H](OCc2ccccc2)[C@H](OCc2ccccc2)[C@@H](COCc2ccccc2)O1. The molecule has 3 N–H and O–H groups in total. The summed E-state index contributed by atoms with van der Waals surface area (Å²) in [5.74, 6) is -1.00. The van der Waals surface area contributed by atoms with Crippen molar-refractivity contribution < 1.29 is 38.1 Å². The zero-order valence-corrected chi connectivity index (χ0v) is 27.2. The van der Waals surface area contributed by atoms with Gasteiger partial charge in [0.15, 0.2) is 0 Å². The summed E-state index contributed by atoms with van der Waals surface area (Å²) in [7, 11) is 0. The zero-order chi connectivity index (χ0) is 33.5. The van der Waals surface area contributed by atoms with Crippen LogP contribution < -0.4 is 16.0 Å². The molecule has 1 fully saturated rings. The van der Waals surface area contributed by atoms with Gasteiger partial charge < -0.3 is 39.6 Å². The second-order valence-corrected chi connectivity index (χ2v) is 12.2. The minimum absolute atomic E-state index is 0.193. The number of carbonyl (C=O) groups excluding carboxylic acids is 3. The van der Waals surface area contributed by atoms with Crippen LogP contribution >= 0.6 is 0 Å². The summed E-state index contributed by atoms with van der Waals surface area (Å²) in [6, 6.07) is 29.5. The van der Waals surface area contributed by atoms with Crippen LogP contribution in [0.25, 0.3) is 0 Å². The first-order valence-corrected chi connectivity index (χ1v) is 15.8. The van der Waals surface area contributed by atoms with Crippen LogP contribution in [0.4, 0.5) is 4.79 Å². The Hall–Kier alpha value is -4.29. The Morgan fingerprint density at radius 1 is 0.723 bits per heavy atom. The minimum atomic E-state index is -0.734. The van der Waals surface area contributed by atoms with Crippen molar-refractivity contribution in [3.63, 3.8) is 0 Å². The van der Waals surface area contributed by atoms with Gasteiger partial charge in [0.2, 0.25) is 11.8 Å². The monoisotopic (exact) mass is 647 g/mol. The fourth-order valence-corrected chi connectivity index (χ4v) is 4.88. The van der Waals surface area contributed by atoms with E-state index in [1.165, 1.54) is 0 Å². The molecular formula is C36H45N3O8. The van der Waals surface area contributed by atoms with Crippen molar-refractivity contribution in [1.29, 1.82) is 0 Å². The van der Waals surface area contributed by atoms with Gasteiger partial charge in [-0.25, -0.2) is 4.79 Å². The first-order valence-electron chi connectivity index (χ1n) is 15.8. The van der Waals surface area contributed by atoms with Crippen molar-refractivity contribution in [2.24, 2.45) is 0 Å². The molecule has 1 aliphatic heterocycles. The summed E-state index contributed by atoms with van der Waals surface area (Å²) in [6.45, 7) is 5.77. The number of alkyl carbamates (subject to hydrolysis) is 1. The smallest absolute Gasteiger partial charge is 0.408 e. The summed E-state index contributed by atoms with van der Waals surface area (Å²) in [4.78, 5) is 37.0. The van der Waals surface area contributed by atoms with Crippen molar-refractivity contribution in [2.75, 3.05) is 19.7 Å². The maximum absolute atomic E-state index is 12.9. The summed E-state index contributed by atoms with van der Waals surface area (Å²) in [6.07, 6.45) is -2.67. The third kappa shape index (κ3) is 13.2. The molecule has 0 bridgehead atoms. The highest BCUT2D eigenvalue weighted by molar-refractivity contribution is 5.87. The fourth-order valence-electron chi connectivity index (χ4n) is 4.88. The number of carbonyl (C=O) groups is 3. The molecule has 3 aromatic carbocycles. The van der Waals surface area contributed by atoms with Gasteiger partial charge in [-0.1, -0.05) is 91.0 Å². The second-order valence-electron chi connectivity index (χ2n) is 12.2. The third-order valence-electron chi connectivity index (χ3n) is 7.06. The molecule has 0 aromatic heterocycles. The van der Waals surface area contributed by atoms with Crippen LogP contribution in [0.5, 0.6) is 0 Å². The van der Waals surface area contributed by atoms with Crippen LogP contribution in [0.3, 0.4) is 0 Å². The first-order chi connectivity index (χ1) is 22.6. The lowest BCUT2D eigenvalue weighted by Gasteiger charge is -2.41. The fraction of sp³-hybridized carbons (Fsp3) is 0.417. The van der Waals surface area contributed by atoms with E-state index >= 15 is 0 Å². The molecule has 0 unspecified atom stereocenters. The molecule has 1 heterocycles. The number of hydrogen-bond donors (Lipinski definition) is 3. The summed E-state index contributed by atoms with van der Waals surface area (Å²) in [5.41, 5.74) is 2.33. The van der Waals surface area contributed by atoms with Gasteiger partial charge >= 0.3 is 6.09 Å². The van der Waals surface area contributed by atoms with Crippen LogP contribution in [-0.2, 0) is 53.1 Å². The molecule has 1 saturated heterocycles. The Morgan fingerprint density at radius 3 is 1.83 bits per heavy atom. The van der Waals surface area contributed by atoms with E-state index in [0.29, 0.717) is 26.2 Å². The number of rotatable bonds is 15. The maximum atomic E-state index is 12.9. The van der Waals surface area contributed by atoms with Gasteiger partial charge in [-0.15, -0.1) is 0 Å². The number of nitrogens with one attached hydrogen (secondary N) is 3. The summed E-state index contributed by atoms with van der Waals surface area (Å²) in [5, 5.41) is 7.72. The summed E-state index contributed by atoms with van der Waals surface area (Å²) < 4.78 is 30.5. The first kappa shape index (κ1) is 35.6. The highest BCUT2D eigenvalue weighted by atomic mass is 16.6. The lowest BCUT2D eigenvalue weighted by molar-refractivity contribution is -0.225. The second kappa shape index (κ2) is 18.2. The van der Waals surface area contributed by atoms with E-state index in [-0.39, 0.29) is 19.7 Å². The molecule has 11 nitrogen and oxygen atoms in total. The van der Waals surface area contributed by atoms with Gasteiger partial charge in [-0.05, 0) is 37.5 Å². The van der Waals surface area contributed by atoms with Crippen molar-refractivity contribution in [2.45, 2.75) is 77.2 Å². The molecular weight excluding hydrogens is 602 g/mol. The minimum Gasteiger partial charge on any atom is -0.444 e. The van der Waals surface area contributed by atoms with E-state index in [2.05, 4.69) is 16.0 Å². The molecule has 1 aliphatic rings. The van der Waals surface area contributed by atoms with Crippen LogP contribution in [0, 0.1) is 0 Å². The highest BCUT2D eigenvalue weighted by Crippen LogP contribution is 2.27. The zero-order valence-electron chi connectivity index (χ0n) is 27.2. The van der Waals surface area contributed by atoms with Crippen LogP contribution in [0.2, 0.25) is 0 Å². The predicted molar refractivity (Wildman–Crippen MR) is 175 cm³/mol. The molecule has 0 saturated carbocycles. The molecule has 0 aliphatic carbocycles. The Morgan fingerprint density at radius 2 is 1.26 bits per heavy atom. The molecule has 0 spiro atoms. The van der Waals surface area contributed by atoms with Crippen LogP contribution in [0.15, 0.2) is 91.0 Å². The van der Waals surface area contributed by atoms with Crippen LogP contribution in [-0.4, -0.2) is 67.7 Å². The van der Waals surface area contributed by atoms with Gasteiger partial charge in [0.05, 0.1) is 39.1 Å².